The van der Waals surface area contributed by atoms with Crippen molar-refractivity contribution in [1.29, 1.82) is 5.26 Å². The van der Waals surface area contributed by atoms with E-state index in [-0.39, 0.29) is 18.5 Å². The number of amides is 1. The van der Waals surface area contributed by atoms with E-state index in [2.05, 4.69) is 26.5 Å². The van der Waals surface area contributed by atoms with Gasteiger partial charge in [-0.1, -0.05) is 6.92 Å². The highest BCUT2D eigenvalue weighted by Crippen LogP contribution is 2.33. The minimum Gasteiger partial charge on any atom is -0.332 e. The van der Waals surface area contributed by atoms with E-state index in [4.69, 9.17) is 5.26 Å². The van der Waals surface area contributed by atoms with Crippen LogP contribution in [0.5, 0.6) is 0 Å². The molecule has 0 aliphatic rings. The number of nitrogens with one attached hydrogen (secondary N) is 1. The second-order valence-electron chi connectivity index (χ2n) is 5.74. The van der Waals surface area contributed by atoms with Crippen molar-refractivity contribution >= 4 is 17.4 Å². The zero-order valence-electron chi connectivity index (χ0n) is 14.5. The molecule has 0 fully saturated rings. The van der Waals surface area contributed by atoms with Crippen LogP contribution in [0, 0.1) is 18.3 Å². The second-order valence-corrected chi connectivity index (χ2v) is 6.74. The van der Waals surface area contributed by atoms with E-state index in [1.165, 1.54) is 16.0 Å². The SMILES string of the molecule is CCC(CC#N)NC(=O)n1ccc(-c2sc(-c3cccnc3)nc2C)n1. The van der Waals surface area contributed by atoms with Crippen LogP contribution in [0.3, 0.4) is 0 Å². The zero-order valence-corrected chi connectivity index (χ0v) is 15.3. The van der Waals surface area contributed by atoms with E-state index in [1.54, 1.807) is 24.7 Å². The molecule has 0 radical (unpaired) electrons. The molecule has 8 heteroatoms. The van der Waals surface area contributed by atoms with E-state index in [0.29, 0.717) is 12.1 Å². The lowest BCUT2D eigenvalue weighted by molar-refractivity contribution is 0.235. The number of carbonyl (C=O) groups excluding carboxylic acids is 1. The minimum absolute atomic E-state index is 0.178. The summed E-state index contributed by atoms with van der Waals surface area (Å²) in [5.41, 5.74) is 2.50. The van der Waals surface area contributed by atoms with Crippen molar-refractivity contribution < 1.29 is 4.79 Å². The molecule has 0 aliphatic carbocycles. The first-order chi connectivity index (χ1) is 12.6. The normalized spacial score (nSPS) is 11.7. The minimum atomic E-state index is -0.340. The maximum Gasteiger partial charge on any atom is 0.342 e. The lowest BCUT2D eigenvalue weighted by Crippen LogP contribution is -2.37. The van der Waals surface area contributed by atoms with Crippen LogP contribution >= 0.6 is 11.3 Å². The predicted molar refractivity (Wildman–Crippen MR) is 99.5 cm³/mol. The van der Waals surface area contributed by atoms with Crippen LogP contribution < -0.4 is 5.32 Å². The maximum atomic E-state index is 12.3. The Hall–Kier alpha value is -3.05. The van der Waals surface area contributed by atoms with Crippen LogP contribution in [0.2, 0.25) is 0 Å². The van der Waals surface area contributed by atoms with E-state index >= 15 is 0 Å². The van der Waals surface area contributed by atoms with Gasteiger partial charge in [-0.3, -0.25) is 4.98 Å². The molecule has 3 aromatic heterocycles. The third-order valence-corrected chi connectivity index (χ3v) is 5.12. The molecule has 3 heterocycles. The van der Waals surface area contributed by atoms with E-state index in [0.717, 1.165) is 21.1 Å². The summed E-state index contributed by atoms with van der Waals surface area (Å²) in [7, 11) is 0. The fourth-order valence-corrected chi connectivity index (χ4v) is 3.47. The summed E-state index contributed by atoms with van der Waals surface area (Å²) < 4.78 is 1.26. The summed E-state index contributed by atoms with van der Waals surface area (Å²) in [5, 5.41) is 16.8. The lowest BCUT2D eigenvalue weighted by atomic mass is 10.2. The molecule has 0 aliphatic heterocycles. The Labute approximate surface area is 155 Å². The van der Waals surface area contributed by atoms with Crippen molar-refractivity contribution in [3.63, 3.8) is 0 Å². The number of thiazole rings is 1. The number of rotatable bonds is 5. The third-order valence-electron chi connectivity index (χ3n) is 3.89. The first-order valence-electron chi connectivity index (χ1n) is 8.24. The first kappa shape index (κ1) is 17.8. The van der Waals surface area contributed by atoms with Crippen molar-refractivity contribution in [3.8, 4) is 27.2 Å². The Morgan fingerprint density at radius 3 is 3.00 bits per heavy atom. The summed E-state index contributed by atoms with van der Waals surface area (Å²) in [6, 6.07) is 7.18. The Morgan fingerprint density at radius 1 is 1.46 bits per heavy atom. The standard InChI is InChI=1S/C18H18N6OS/c1-3-14(6-8-19)22-18(25)24-10-7-15(23-24)16-12(2)21-17(26-16)13-5-4-9-20-11-13/h4-5,7,9-11,14H,3,6H2,1-2H3,(H,22,25). The Morgan fingerprint density at radius 2 is 2.31 bits per heavy atom. The predicted octanol–water partition coefficient (Wildman–Crippen LogP) is 3.63. The van der Waals surface area contributed by atoms with E-state index in [1.807, 2.05) is 26.0 Å². The van der Waals surface area contributed by atoms with Crippen molar-refractivity contribution in [3.05, 3.63) is 42.5 Å². The van der Waals surface area contributed by atoms with Gasteiger partial charge in [-0.25, -0.2) is 9.78 Å². The Balaban J connectivity index is 1.81. The van der Waals surface area contributed by atoms with Gasteiger partial charge in [0.1, 0.15) is 10.7 Å². The van der Waals surface area contributed by atoms with Gasteiger partial charge in [0.05, 0.1) is 23.1 Å². The molecule has 0 saturated heterocycles. The second kappa shape index (κ2) is 7.89. The molecule has 0 spiro atoms. The quantitative estimate of drug-likeness (QED) is 0.744. The summed E-state index contributed by atoms with van der Waals surface area (Å²) in [5.74, 6) is 0. The van der Waals surface area contributed by atoms with Gasteiger partial charge in [0.2, 0.25) is 0 Å². The third kappa shape index (κ3) is 3.78. The van der Waals surface area contributed by atoms with Crippen LogP contribution in [-0.4, -0.2) is 31.8 Å². The van der Waals surface area contributed by atoms with Gasteiger partial charge in [-0.2, -0.15) is 15.0 Å². The molecule has 26 heavy (non-hydrogen) atoms. The Bertz CT molecular complexity index is 940. The smallest absolute Gasteiger partial charge is 0.332 e. The summed E-state index contributed by atoms with van der Waals surface area (Å²) in [4.78, 5) is 21.9. The van der Waals surface area contributed by atoms with Gasteiger partial charge >= 0.3 is 6.03 Å². The van der Waals surface area contributed by atoms with Crippen LogP contribution in [0.1, 0.15) is 25.5 Å². The van der Waals surface area contributed by atoms with Gasteiger partial charge < -0.3 is 5.32 Å². The molecule has 7 nitrogen and oxygen atoms in total. The molecule has 1 unspecified atom stereocenters. The summed E-state index contributed by atoms with van der Waals surface area (Å²) >= 11 is 1.52. The van der Waals surface area contributed by atoms with Gasteiger partial charge in [0.25, 0.3) is 0 Å². The van der Waals surface area contributed by atoms with Crippen LogP contribution in [0.4, 0.5) is 4.79 Å². The number of pyridine rings is 1. The average molecular weight is 366 g/mol. The molecule has 1 amide bonds. The molecular formula is C18H18N6OS. The number of nitrogens with zero attached hydrogens (tertiary/aromatic N) is 5. The molecule has 0 saturated carbocycles. The number of aryl methyl sites for hydroxylation is 1. The number of hydrogen-bond donors (Lipinski definition) is 1. The van der Waals surface area contributed by atoms with Crippen LogP contribution in [0.25, 0.3) is 21.1 Å². The average Bonchev–Trinajstić information content (AvgIpc) is 3.28. The van der Waals surface area contributed by atoms with Crippen molar-refractivity contribution in [2.24, 2.45) is 0 Å². The highest BCUT2D eigenvalue weighted by Gasteiger charge is 2.17. The monoisotopic (exact) mass is 366 g/mol. The molecule has 132 valence electrons. The molecule has 1 atom stereocenters. The number of hydrogen-bond acceptors (Lipinski definition) is 6. The lowest BCUT2D eigenvalue weighted by Gasteiger charge is -2.12. The van der Waals surface area contributed by atoms with Gasteiger partial charge in [-0.05, 0) is 31.5 Å². The van der Waals surface area contributed by atoms with E-state index in [9.17, 15) is 4.79 Å². The summed E-state index contributed by atoms with van der Waals surface area (Å²) in [6.45, 7) is 3.85. The van der Waals surface area contributed by atoms with Crippen molar-refractivity contribution in [2.75, 3.05) is 0 Å². The van der Waals surface area contributed by atoms with Gasteiger partial charge in [0.15, 0.2) is 0 Å². The molecule has 0 aromatic carbocycles. The zero-order chi connectivity index (χ0) is 18.5. The summed E-state index contributed by atoms with van der Waals surface area (Å²) in [6.07, 6.45) is 6.08. The topological polar surface area (TPSA) is 96.5 Å². The maximum absolute atomic E-state index is 12.3. The first-order valence-corrected chi connectivity index (χ1v) is 9.05. The largest absolute Gasteiger partial charge is 0.342 e. The van der Waals surface area contributed by atoms with Crippen molar-refractivity contribution in [1.82, 2.24) is 25.1 Å². The van der Waals surface area contributed by atoms with Crippen LogP contribution in [-0.2, 0) is 0 Å². The molecule has 3 aromatic rings. The highest BCUT2D eigenvalue weighted by molar-refractivity contribution is 7.18. The highest BCUT2D eigenvalue weighted by atomic mass is 32.1. The number of carbonyl (C=O) groups is 1. The van der Waals surface area contributed by atoms with Crippen LogP contribution in [0.15, 0.2) is 36.8 Å². The number of nitriles is 1. The molecular weight excluding hydrogens is 348 g/mol. The van der Waals surface area contributed by atoms with Gasteiger partial charge in [0, 0.05) is 30.2 Å². The molecule has 3 rings (SSSR count). The molecule has 1 N–H and O–H groups in total. The molecule has 0 bridgehead atoms. The fraction of sp³-hybridized carbons (Fsp3) is 0.278. The fourth-order valence-electron chi connectivity index (χ4n) is 2.45. The van der Waals surface area contributed by atoms with Crippen molar-refractivity contribution in [2.45, 2.75) is 32.7 Å². The van der Waals surface area contributed by atoms with E-state index < -0.39 is 0 Å². The van der Waals surface area contributed by atoms with Gasteiger partial charge in [-0.15, -0.1) is 11.3 Å². The Kier molecular flexibility index (Phi) is 5.39. The number of aromatic nitrogens is 4.